The lowest BCUT2D eigenvalue weighted by atomic mass is 10.1. The minimum atomic E-state index is -4.07. The van der Waals surface area contributed by atoms with E-state index >= 15 is 0 Å². The number of benzene rings is 1. The zero-order valence-corrected chi connectivity index (χ0v) is 13.5. The van der Waals surface area contributed by atoms with Crippen LogP contribution < -0.4 is 5.14 Å². The van der Waals surface area contributed by atoms with Gasteiger partial charge in [-0.25, -0.2) is 17.9 Å². The van der Waals surface area contributed by atoms with Crippen LogP contribution in [-0.2, 0) is 10.0 Å². The van der Waals surface area contributed by atoms with Crippen LogP contribution in [-0.4, -0.2) is 32.8 Å². The Morgan fingerprint density at radius 3 is 2.43 bits per heavy atom. The molecule has 5 nitrogen and oxygen atoms in total. The Morgan fingerprint density at radius 1 is 1.38 bits per heavy atom. The predicted molar refractivity (Wildman–Crippen MR) is 78.9 cm³/mol. The molecule has 2 N–H and O–H groups in total. The molecule has 118 valence electrons. The Morgan fingerprint density at radius 2 is 1.95 bits per heavy atom. The van der Waals surface area contributed by atoms with Crippen LogP contribution in [0.4, 0.5) is 4.39 Å². The van der Waals surface area contributed by atoms with Gasteiger partial charge in [0.15, 0.2) is 0 Å². The zero-order valence-electron chi connectivity index (χ0n) is 12.7. The van der Waals surface area contributed by atoms with E-state index in [0.29, 0.717) is 12.5 Å². The molecule has 0 unspecified atom stereocenters. The number of hydrogen-bond donors (Lipinski definition) is 1. The number of primary sulfonamides is 1. The average molecular weight is 316 g/mol. The summed E-state index contributed by atoms with van der Waals surface area (Å²) in [5.74, 6) is -0.795. The van der Waals surface area contributed by atoms with Gasteiger partial charge < -0.3 is 4.90 Å². The van der Waals surface area contributed by atoms with Crippen molar-refractivity contribution in [3.8, 4) is 0 Å². The van der Waals surface area contributed by atoms with Crippen molar-refractivity contribution >= 4 is 15.9 Å². The second-order valence-corrected chi connectivity index (χ2v) is 7.06. The van der Waals surface area contributed by atoms with Crippen LogP contribution in [0, 0.1) is 18.7 Å². The SMILES string of the molecule is Cc1c(C(=O)N(C)CCC(C)C)cc(F)cc1S(N)(=O)=O. The second kappa shape index (κ2) is 6.53. The highest BCUT2D eigenvalue weighted by molar-refractivity contribution is 7.89. The first kappa shape index (κ1) is 17.6. The van der Waals surface area contributed by atoms with Gasteiger partial charge in [-0.3, -0.25) is 4.79 Å². The Balaban J connectivity index is 3.19. The first-order chi connectivity index (χ1) is 9.54. The fourth-order valence-electron chi connectivity index (χ4n) is 1.93. The van der Waals surface area contributed by atoms with Gasteiger partial charge >= 0.3 is 0 Å². The summed E-state index contributed by atoms with van der Waals surface area (Å²) >= 11 is 0. The van der Waals surface area contributed by atoms with Crippen molar-refractivity contribution in [1.29, 1.82) is 0 Å². The standard InChI is InChI=1S/C14H21FN2O3S/c1-9(2)5-6-17(4)14(18)12-7-11(15)8-13(10(12)3)21(16,19)20/h7-9H,5-6H2,1-4H3,(H2,16,19,20). The second-order valence-electron chi connectivity index (χ2n) is 5.53. The molecule has 1 rings (SSSR count). The predicted octanol–water partition coefficient (Wildman–Crippen LogP) is 1.90. The van der Waals surface area contributed by atoms with E-state index in [1.807, 2.05) is 13.8 Å². The van der Waals surface area contributed by atoms with Gasteiger partial charge in [0.05, 0.1) is 4.90 Å². The van der Waals surface area contributed by atoms with Crippen molar-refractivity contribution in [2.75, 3.05) is 13.6 Å². The molecule has 0 aliphatic rings. The lowest BCUT2D eigenvalue weighted by molar-refractivity contribution is 0.0787. The van der Waals surface area contributed by atoms with Crippen molar-refractivity contribution in [3.63, 3.8) is 0 Å². The maximum absolute atomic E-state index is 13.6. The molecule has 0 aromatic heterocycles. The van der Waals surface area contributed by atoms with E-state index in [2.05, 4.69) is 0 Å². The number of nitrogens with two attached hydrogens (primary N) is 1. The van der Waals surface area contributed by atoms with Crippen molar-refractivity contribution in [1.82, 2.24) is 4.90 Å². The van der Waals surface area contributed by atoms with Crippen LogP contribution in [0.15, 0.2) is 17.0 Å². The highest BCUT2D eigenvalue weighted by Crippen LogP contribution is 2.21. The molecule has 0 aliphatic carbocycles. The lowest BCUT2D eigenvalue weighted by Crippen LogP contribution is -2.30. The maximum Gasteiger partial charge on any atom is 0.254 e. The molecule has 0 saturated heterocycles. The van der Waals surface area contributed by atoms with Crippen molar-refractivity contribution < 1.29 is 17.6 Å². The summed E-state index contributed by atoms with van der Waals surface area (Å²) in [6.45, 7) is 6.02. The summed E-state index contributed by atoms with van der Waals surface area (Å²) in [6.07, 6.45) is 0.804. The molecule has 7 heteroatoms. The number of amides is 1. The summed E-state index contributed by atoms with van der Waals surface area (Å²) in [6, 6.07) is 1.87. The Bertz CT molecular complexity index is 642. The largest absolute Gasteiger partial charge is 0.342 e. The van der Waals surface area contributed by atoms with E-state index in [0.717, 1.165) is 18.6 Å². The molecular formula is C14H21FN2O3S. The number of halogens is 1. The third-order valence-corrected chi connectivity index (χ3v) is 4.29. The number of carbonyl (C=O) groups excluding carboxylic acids is 1. The van der Waals surface area contributed by atoms with Gasteiger partial charge in [-0.2, -0.15) is 0 Å². The third kappa shape index (κ3) is 4.50. The Kier molecular flexibility index (Phi) is 5.47. The molecule has 0 heterocycles. The fourth-order valence-corrected chi connectivity index (χ4v) is 2.74. The van der Waals surface area contributed by atoms with E-state index < -0.39 is 21.7 Å². The van der Waals surface area contributed by atoms with Crippen LogP contribution in [0.25, 0.3) is 0 Å². The Hall–Kier alpha value is -1.47. The van der Waals surface area contributed by atoms with Gasteiger partial charge in [0, 0.05) is 19.2 Å². The third-order valence-electron chi connectivity index (χ3n) is 3.25. The summed E-state index contributed by atoms with van der Waals surface area (Å²) in [5, 5.41) is 5.05. The summed E-state index contributed by atoms with van der Waals surface area (Å²) in [4.78, 5) is 13.4. The van der Waals surface area contributed by atoms with E-state index in [4.69, 9.17) is 5.14 Å². The van der Waals surface area contributed by atoms with Gasteiger partial charge in [-0.05, 0) is 37.0 Å². The van der Waals surface area contributed by atoms with Gasteiger partial charge in [-0.15, -0.1) is 0 Å². The molecule has 1 aromatic rings. The number of carbonyl (C=O) groups is 1. The Labute approximate surface area is 125 Å². The van der Waals surface area contributed by atoms with Crippen LogP contribution >= 0.6 is 0 Å². The molecule has 0 fully saturated rings. The monoisotopic (exact) mass is 316 g/mol. The van der Waals surface area contributed by atoms with Gasteiger partial charge in [-0.1, -0.05) is 13.8 Å². The molecule has 0 radical (unpaired) electrons. The van der Waals surface area contributed by atoms with Crippen LogP contribution in [0.3, 0.4) is 0 Å². The summed E-state index contributed by atoms with van der Waals surface area (Å²) < 4.78 is 36.5. The summed E-state index contributed by atoms with van der Waals surface area (Å²) in [5.41, 5.74) is 0.186. The zero-order chi connectivity index (χ0) is 16.4. The van der Waals surface area contributed by atoms with Crippen molar-refractivity contribution in [2.24, 2.45) is 11.1 Å². The quantitative estimate of drug-likeness (QED) is 0.901. The van der Waals surface area contributed by atoms with E-state index in [1.54, 1.807) is 7.05 Å². The van der Waals surface area contributed by atoms with Crippen LogP contribution in [0.1, 0.15) is 36.2 Å². The van der Waals surface area contributed by atoms with Crippen LogP contribution in [0.2, 0.25) is 0 Å². The van der Waals surface area contributed by atoms with E-state index in [1.165, 1.54) is 11.8 Å². The number of nitrogens with zero attached hydrogens (tertiary/aromatic N) is 1. The highest BCUT2D eigenvalue weighted by Gasteiger charge is 2.22. The number of sulfonamides is 1. The molecule has 21 heavy (non-hydrogen) atoms. The molecule has 0 spiro atoms. The van der Waals surface area contributed by atoms with Gasteiger partial charge in [0.25, 0.3) is 5.91 Å². The molecule has 0 saturated carbocycles. The molecule has 1 aromatic carbocycles. The fraction of sp³-hybridized carbons (Fsp3) is 0.500. The van der Waals surface area contributed by atoms with Crippen LogP contribution in [0.5, 0.6) is 0 Å². The molecule has 0 atom stereocenters. The molecule has 0 aliphatic heterocycles. The molecule has 0 bridgehead atoms. The van der Waals surface area contributed by atoms with Gasteiger partial charge in [0.1, 0.15) is 5.82 Å². The number of rotatable bonds is 5. The maximum atomic E-state index is 13.6. The van der Waals surface area contributed by atoms with E-state index in [9.17, 15) is 17.6 Å². The van der Waals surface area contributed by atoms with Crippen molar-refractivity contribution in [2.45, 2.75) is 32.1 Å². The highest BCUT2D eigenvalue weighted by atomic mass is 32.2. The van der Waals surface area contributed by atoms with E-state index in [-0.39, 0.29) is 16.0 Å². The first-order valence-electron chi connectivity index (χ1n) is 6.62. The summed E-state index contributed by atoms with van der Waals surface area (Å²) in [7, 11) is -2.47. The van der Waals surface area contributed by atoms with Gasteiger partial charge in [0.2, 0.25) is 10.0 Å². The topological polar surface area (TPSA) is 80.5 Å². The number of hydrogen-bond acceptors (Lipinski definition) is 3. The first-order valence-corrected chi connectivity index (χ1v) is 8.17. The smallest absolute Gasteiger partial charge is 0.254 e. The minimum absolute atomic E-state index is 0.0188. The minimum Gasteiger partial charge on any atom is -0.342 e. The molecular weight excluding hydrogens is 295 g/mol. The van der Waals surface area contributed by atoms with Crippen molar-refractivity contribution in [3.05, 3.63) is 29.1 Å². The normalized spacial score (nSPS) is 11.8. The average Bonchev–Trinajstić information content (AvgIpc) is 2.36. The molecule has 1 amide bonds. The lowest BCUT2D eigenvalue weighted by Gasteiger charge is -2.20.